The number of nitrogens with zero attached hydrogens (tertiary/aromatic N) is 2. The number of benzene rings is 1. The molecular formula is C13H12FN3O. The number of amides is 2. The van der Waals surface area contributed by atoms with Crippen molar-refractivity contribution in [3.05, 3.63) is 35.6 Å². The van der Waals surface area contributed by atoms with Crippen molar-refractivity contribution in [2.75, 3.05) is 0 Å². The Labute approximate surface area is 104 Å². The van der Waals surface area contributed by atoms with Crippen LogP contribution < -0.4 is 5.73 Å². The monoisotopic (exact) mass is 245 g/mol. The van der Waals surface area contributed by atoms with E-state index in [0.717, 1.165) is 0 Å². The van der Waals surface area contributed by atoms with E-state index < -0.39 is 23.9 Å². The molecule has 2 rings (SSSR count). The molecule has 2 N–H and O–H groups in total. The van der Waals surface area contributed by atoms with Gasteiger partial charge in [0.25, 0.3) is 0 Å². The highest BCUT2D eigenvalue weighted by Crippen LogP contribution is 2.29. The highest BCUT2D eigenvalue weighted by Gasteiger charge is 2.37. The predicted molar refractivity (Wildman–Crippen MR) is 66.3 cm³/mol. The van der Waals surface area contributed by atoms with Crippen molar-refractivity contribution < 1.29 is 9.18 Å². The third-order valence-corrected chi connectivity index (χ3v) is 2.83. The molecule has 0 fully saturated rings. The fraction of sp³-hybridized carbons (Fsp3) is 0.231. The molecule has 18 heavy (non-hydrogen) atoms. The Bertz CT molecular complexity index is 562. The third kappa shape index (κ3) is 1.93. The van der Waals surface area contributed by atoms with E-state index in [9.17, 15) is 9.18 Å². The maximum atomic E-state index is 13.2. The summed E-state index contributed by atoms with van der Waals surface area (Å²) < 4.78 is 13.2. The fourth-order valence-corrected chi connectivity index (χ4v) is 1.96. The topological polar surface area (TPSA) is 58.7 Å². The summed E-state index contributed by atoms with van der Waals surface area (Å²) >= 11 is 0. The normalized spacial score (nSPS) is 20.5. The first-order chi connectivity index (χ1) is 8.54. The van der Waals surface area contributed by atoms with Crippen molar-refractivity contribution in [1.82, 2.24) is 4.90 Å². The van der Waals surface area contributed by atoms with Gasteiger partial charge in [-0.1, -0.05) is 18.1 Å². The van der Waals surface area contributed by atoms with Crippen LogP contribution in [0.2, 0.25) is 0 Å². The van der Waals surface area contributed by atoms with Gasteiger partial charge >= 0.3 is 6.03 Å². The minimum Gasteiger partial charge on any atom is -0.385 e. The van der Waals surface area contributed by atoms with E-state index >= 15 is 0 Å². The van der Waals surface area contributed by atoms with Crippen molar-refractivity contribution in [1.29, 1.82) is 0 Å². The van der Waals surface area contributed by atoms with Crippen LogP contribution in [0.15, 0.2) is 29.3 Å². The van der Waals surface area contributed by atoms with Gasteiger partial charge in [-0.2, -0.15) is 4.99 Å². The Hall–Kier alpha value is -2.35. The molecule has 2 amide bonds. The molecule has 4 nitrogen and oxygen atoms in total. The molecular weight excluding hydrogens is 233 g/mol. The van der Waals surface area contributed by atoms with Crippen LogP contribution in [0, 0.1) is 18.2 Å². The fourth-order valence-electron chi connectivity index (χ4n) is 1.96. The number of urea groups is 1. The largest absolute Gasteiger partial charge is 0.385 e. The van der Waals surface area contributed by atoms with Gasteiger partial charge in [-0.15, -0.1) is 6.42 Å². The van der Waals surface area contributed by atoms with Crippen LogP contribution in [0.4, 0.5) is 9.18 Å². The van der Waals surface area contributed by atoms with Crippen molar-refractivity contribution in [2.24, 2.45) is 10.7 Å². The van der Waals surface area contributed by atoms with E-state index in [1.54, 1.807) is 19.1 Å². The molecule has 0 aromatic heterocycles. The van der Waals surface area contributed by atoms with Gasteiger partial charge in [0.1, 0.15) is 17.7 Å². The molecule has 1 heterocycles. The predicted octanol–water partition coefficient (Wildman–Crippen LogP) is 1.68. The molecule has 1 aromatic carbocycles. The van der Waals surface area contributed by atoms with Gasteiger partial charge in [-0.25, -0.2) is 9.18 Å². The Morgan fingerprint density at radius 2 is 2.33 bits per heavy atom. The molecule has 1 aliphatic heterocycles. The number of halogens is 1. The van der Waals surface area contributed by atoms with Gasteiger partial charge in [0.2, 0.25) is 0 Å². The Morgan fingerprint density at radius 3 is 2.94 bits per heavy atom. The average molecular weight is 245 g/mol. The van der Waals surface area contributed by atoms with E-state index in [-0.39, 0.29) is 5.84 Å². The van der Waals surface area contributed by atoms with E-state index in [2.05, 4.69) is 10.9 Å². The smallest absolute Gasteiger partial charge is 0.347 e. The van der Waals surface area contributed by atoms with Crippen molar-refractivity contribution in [3.63, 3.8) is 0 Å². The number of amidine groups is 1. The zero-order valence-corrected chi connectivity index (χ0v) is 9.80. The number of carbonyl (C=O) groups is 1. The zero-order valence-electron chi connectivity index (χ0n) is 9.80. The number of rotatable bonds is 2. The lowest BCUT2D eigenvalue weighted by molar-refractivity contribution is 0.199. The third-order valence-electron chi connectivity index (χ3n) is 2.83. The second-order valence-electron chi connectivity index (χ2n) is 4.03. The Balaban J connectivity index is 2.44. The molecule has 5 heteroatoms. The van der Waals surface area contributed by atoms with Crippen LogP contribution in [0.1, 0.15) is 18.5 Å². The number of nitrogens with two attached hydrogens (primary N) is 1. The first-order valence-electron chi connectivity index (χ1n) is 5.42. The summed E-state index contributed by atoms with van der Waals surface area (Å²) in [6.45, 7) is 1.69. The summed E-state index contributed by atoms with van der Waals surface area (Å²) in [5.74, 6) is 2.19. The lowest BCUT2D eigenvalue weighted by Gasteiger charge is -2.27. The van der Waals surface area contributed by atoms with Gasteiger partial charge in [-0.05, 0) is 24.6 Å². The number of hydrogen-bond donors (Lipinski definition) is 1. The zero-order chi connectivity index (χ0) is 13.3. The van der Waals surface area contributed by atoms with Crippen LogP contribution in [0.5, 0.6) is 0 Å². The number of hydrogen-bond acceptors (Lipinski definition) is 2. The Kier molecular flexibility index (Phi) is 3.02. The minimum atomic E-state index is -0.598. The molecule has 1 aromatic rings. The molecule has 0 saturated carbocycles. The lowest BCUT2D eigenvalue weighted by atomic mass is 10.0. The maximum Gasteiger partial charge on any atom is 0.347 e. The van der Waals surface area contributed by atoms with Gasteiger partial charge < -0.3 is 5.73 Å². The van der Waals surface area contributed by atoms with Crippen molar-refractivity contribution in [2.45, 2.75) is 19.0 Å². The molecule has 0 spiro atoms. The first kappa shape index (κ1) is 12.1. The molecule has 92 valence electrons. The van der Waals surface area contributed by atoms with E-state index in [0.29, 0.717) is 5.56 Å². The standard InChI is InChI=1S/C13H12FN3O/c1-3-8(2)17-11(12(15)16-13(17)18)9-5-4-6-10(14)7-9/h1,4-8,11H,2H3,(H2,15,16,18). The first-order valence-corrected chi connectivity index (χ1v) is 5.42. The van der Waals surface area contributed by atoms with Crippen LogP contribution in [0.25, 0.3) is 0 Å². The Morgan fingerprint density at radius 1 is 1.61 bits per heavy atom. The van der Waals surface area contributed by atoms with Gasteiger partial charge in [0.15, 0.2) is 0 Å². The summed E-state index contributed by atoms with van der Waals surface area (Å²) in [5.41, 5.74) is 6.29. The maximum absolute atomic E-state index is 13.2. The number of terminal acetylenes is 1. The van der Waals surface area contributed by atoms with Crippen molar-refractivity contribution >= 4 is 11.9 Å². The molecule has 2 unspecified atom stereocenters. The second kappa shape index (κ2) is 4.49. The van der Waals surface area contributed by atoms with Crippen LogP contribution in [-0.4, -0.2) is 22.8 Å². The minimum absolute atomic E-state index is 0.132. The highest BCUT2D eigenvalue weighted by molar-refractivity contribution is 6.03. The summed E-state index contributed by atoms with van der Waals surface area (Å²) in [6, 6.07) is 4.33. The quantitative estimate of drug-likeness (QED) is 0.806. The number of aliphatic imine (C=N–C) groups is 1. The van der Waals surface area contributed by atoms with Crippen LogP contribution >= 0.6 is 0 Å². The van der Waals surface area contributed by atoms with E-state index in [1.807, 2.05) is 0 Å². The molecule has 0 saturated heterocycles. The highest BCUT2D eigenvalue weighted by atomic mass is 19.1. The van der Waals surface area contributed by atoms with Gasteiger partial charge in [0, 0.05) is 0 Å². The van der Waals surface area contributed by atoms with Crippen LogP contribution in [-0.2, 0) is 0 Å². The molecule has 0 radical (unpaired) electrons. The molecule has 0 aliphatic carbocycles. The summed E-state index contributed by atoms with van der Waals surface area (Å²) in [7, 11) is 0. The molecule has 2 atom stereocenters. The van der Waals surface area contributed by atoms with Gasteiger partial charge in [-0.3, -0.25) is 4.90 Å². The second-order valence-corrected chi connectivity index (χ2v) is 4.03. The van der Waals surface area contributed by atoms with Gasteiger partial charge in [0.05, 0.1) is 6.04 Å². The summed E-state index contributed by atoms with van der Waals surface area (Å²) in [4.78, 5) is 16.8. The SMILES string of the molecule is C#CC(C)N1C(=O)N=C(N)C1c1cccc(F)c1. The lowest BCUT2D eigenvalue weighted by Crippen LogP contribution is -2.39. The summed E-state index contributed by atoms with van der Waals surface area (Å²) in [5, 5.41) is 0. The van der Waals surface area contributed by atoms with Crippen LogP contribution in [0.3, 0.4) is 0 Å². The van der Waals surface area contributed by atoms with E-state index in [4.69, 9.17) is 12.2 Å². The van der Waals surface area contributed by atoms with Crippen molar-refractivity contribution in [3.8, 4) is 12.3 Å². The summed E-state index contributed by atoms with van der Waals surface area (Å²) in [6.07, 6.45) is 5.32. The number of carbonyl (C=O) groups excluding carboxylic acids is 1. The molecule has 1 aliphatic rings. The molecule has 0 bridgehead atoms. The van der Waals surface area contributed by atoms with E-state index in [1.165, 1.54) is 17.0 Å². The average Bonchev–Trinajstić information content (AvgIpc) is 2.63.